The lowest BCUT2D eigenvalue weighted by atomic mass is 10.0. The van der Waals surface area contributed by atoms with Crippen molar-refractivity contribution in [3.05, 3.63) is 57.3 Å². The molecule has 0 fully saturated rings. The van der Waals surface area contributed by atoms with E-state index >= 15 is 0 Å². The molecule has 0 bridgehead atoms. The largest absolute Gasteiger partial charge is 0.490 e. The number of carboxylic acids is 1. The van der Waals surface area contributed by atoms with Gasteiger partial charge in [-0.2, -0.15) is 0 Å². The highest BCUT2D eigenvalue weighted by Gasteiger charge is 2.20. The highest BCUT2D eigenvalue weighted by Crippen LogP contribution is 2.35. The topological polar surface area (TPSA) is 67.8 Å². The lowest BCUT2D eigenvalue weighted by Crippen LogP contribution is -2.37. The maximum Gasteiger partial charge on any atom is 0.320 e. The number of hydrogen-bond acceptors (Lipinski definition) is 4. The van der Waals surface area contributed by atoms with Crippen molar-refractivity contribution in [2.45, 2.75) is 46.4 Å². The van der Waals surface area contributed by atoms with E-state index in [4.69, 9.17) is 32.7 Å². The maximum absolute atomic E-state index is 14.0. The molecule has 0 saturated carbocycles. The smallest absolute Gasteiger partial charge is 0.320 e. The van der Waals surface area contributed by atoms with Crippen molar-refractivity contribution in [2.75, 3.05) is 6.61 Å². The van der Waals surface area contributed by atoms with E-state index < -0.39 is 17.8 Å². The average molecular weight is 458 g/mol. The Balaban J connectivity index is 2.19. The molecule has 0 aromatic heterocycles. The molecule has 0 radical (unpaired) electrons. The van der Waals surface area contributed by atoms with Gasteiger partial charge in [0.1, 0.15) is 18.5 Å². The molecule has 2 aromatic rings. The first-order valence-corrected chi connectivity index (χ1v) is 10.5. The third-order valence-electron chi connectivity index (χ3n) is 4.39. The van der Waals surface area contributed by atoms with Crippen LogP contribution in [0, 0.1) is 11.7 Å². The summed E-state index contributed by atoms with van der Waals surface area (Å²) in [6.07, 6.45) is 0.496. The third-order valence-corrected chi connectivity index (χ3v) is 5.10. The van der Waals surface area contributed by atoms with E-state index in [-0.39, 0.29) is 29.7 Å². The van der Waals surface area contributed by atoms with E-state index in [0.29, 0.717) is 35.1 Å². The molecule has 8 heteroatoms. The predicted octanol–water partition coefficient (Wildman–Crippen LogP) is 5.70. The summed E-state index contributed by atoms with van der Waals surface area (Å²) in [5, 5.41) is 13.1. The minimum Gasteiger partial charge on any atom is -0.490 e. The number of hydrogen-bond donors (Lipinski definition) is 2. The van der Waals surface area contributed by atoms with Gasteiger partial charge in [-0.1, -0.05) is 43.1 Å². The molecular weight excluding hydrogens is 432 g/mol. The molecule has 0 saturated heterocycles. The van der Waals surface area contributed by atoms with E-state index in [1.54, 1.807) is 18.2 Å². The van der Waals surface area contributed by atoms with Crippen LogP contribution >= 0.6 is 23.2 Å². The first kappa shape index (κ1) is 24.3. The minimum absolute atomic E-state index is 0.0883. The molecule has 0 aliphatic heterocycles. The zero-order chi connectivity index (χ0) is 22.3. The summed E-state index contributed by atoms with van der Waals surface area (Å²) >= 11 is 12.4. The van der Waals surface area contributed by atoms with Gasteiger partial charge in [-0.05, 0) is 43.0 Å². The summed E-state index contributed by atoms with van der Waals surface area (Å²) in [7, 11) is 0. The van der Waals surface area contributed by atoms with Gasteiger partial charge >= 0.3 is 5.97 Å². The second-order valence-corrected chi connectivity index (χ2v) is 8.03. The van der Waals surface area contributed by atoms with E-state index in [9.17, 15) is 14.3 Å². The Bertz CT molecular complexity index is 856. The monoisotopic (exact) mass is 457 g/mol. The molecule has 30 heavy (non-hydrogen) atoms. The third kappa shape index (κ3) is 6.76. The predicted molar refractivity (Wildman–Crippen MR) is 116 cm³/mol. The number of ether oxygens (including phenoxy) is 2. The Morgan fingerprint density at radius 2 is 1.87 bits per heavy atom. The van der Waals surface area contributed by atoms with Crippen LogP contribution in [0.4, 0.5) is 4.39 Å². The number of benzene rings is 2. The van der Waals surface area contributed by atoms with Gasteiger partial charge in [0.05, 0.1) is 11.6 Å². The fourth-order valence-electron chi connectivity index (χ4n) is 2.89. The Morgan fingerprint density at radius 1 is 1.17 bits per heavy atom. The molecule has 164 valence electrons. The van der Waals surface area contributed by atoms with Gasteiger partial charge in [-0.25, -0.2) is 4.39 Å². The van der Waals surface area contributed by atoms with Crippen LogP contribution in [-0.2, 0) is 17.9 Å². The summed E-state index contributed by atoms with van der Waals surface area (Å²) in [4.78, 5) is 11.5. The van der Waals surface area contributed by atoms with Crippen LogP contribution in [0.1, 0.15) is 38.3 Å². The Morgan fingerprint density at radius 3 is 2.47 bits per heavy atom. The van der Waals surface area contributed by atoms with E-state index in [2.05, 4.69) is 5.32 Å². The van der Waals surface area contributed by atoms with Crippen molar-refractivity contribution in [1.29, 1.82) is 0 Å². The minimum atomic E-state index is -0.911. The van der Waals surface area contributed by atoms with Crippen molar-refractivity contribution >= 4 is 29.2 Å². The lowest BCUT2D eigenvalue weighted by Gasteiger charge is -2.19. The van der Waals surface area contributed by atoms with Crippen LogP contribution < -0.4 is 14.8 Å². The SMILES string of the molecule is CCOc1cc(CNC(CC(C)C)C(=O)O)c(Cl)cc1OCc1c(F)cccc1Cl. The van der Waals surface area contributed by atoms with Crippen LogP contribution in [0.2, 0.25) is 10.0 Å². The number of aliphatic carboxylic acids is 1. The van der Waals surface area contributed by atoms with E-state index in [1.807, 2.05) is 20.8 Å². The van der Waals surface area contributed by atoms with Crippen LogP contribution in [0.3, 0.4) is 0 Å². The first-order valence-electron chi connectivity index (χ1n) is 9.70. The molecule has 5 nitrogen and oxygen atoms in total. The highest BCUT2D eigenvalue weighted by atomic mass is 35.5. The Labute approximate surface area is 186 Å². The Kier molecular flexibility index (Phi) is 9.21. The van der Waals surface area contributed by atoms with Gasteiger partial charge in [-0.15, -0.1) is 0 Å². The van der Waals surface area contributed by atoms with E-state index in [0.717, 1.165) is 0 Å². The average Bonchev–Trinajstić information content (AvgIpc) is 2.66. The van der Waals surface area contributed by atoms with Crippen molar-refractivity contribution in [2.24, 2.45) is 5.92 Å². The van der Waals surface area contributed by atoms with E-state index in [1.165, 1.54) is 12.1 Å². The van der Waals surface area contributed by atoms with Gasteiger partial charge in [-0.3, -0.25) is 4.79 Å². The summed E-state index contributed by atoms with van der Waals surface area (Å²) in [6.45, 7) is 6.30. The molecular formula is C22H26Cl2FNO4. The zero-order valence-corrected chi connectivity index (χ0v) is 18.7. The quantitative estimate of drug-likeness (QED) is 0.452. The number of nitrogens with one attached hydrogen (secondary N) is 1. The zero-order valence-electron chi connectivity index (χ0n) is 17.2. The molecule has 0 aliphatic rings. The van der Waals surface area contributed by atoms with Gasteiger partial charge in [0.2, 0.25) is 0 Å². The van der Waals surface area contributed by atoms with Crippen LogP contribution in [-0.4, -0.2) is 23.7 Å². The standard InChI is InChI=1S/C22H26Cl2FNO4/c1-4-29-20-9-14(11-26-19(22(27)28)8-13(2)3)17(24)10-21(20)30-12-15-16(23)6-5-7-18(15)25/h5-7,9-10,13,19,26H,4,8,11-12H2,1-3H3,(H,27,28). The van der Waals surface area contributed by atoms with Crippen molar-refractivity contribution < 1.29 is 23.8 Å². The second kappa shape index (κ2) is 11.4. The molecule has 0 aliphatic carbocycles. The number of rotatable bonds is 11. The van der Waals surface area contributed by atoms with Crippen LogP contribution in [0.25, 0.3) is 0 Å². The second-order valence-electron chi connectivity index (χ2n) is 7.21. The summed E-state index contributed by atoms with van der Waals surface area (Å²) in [6, 6.07) is 7.02. The Hall–Kier alpha value is -2.02. The van der Waals surface area contributed by atoms with Gasteiger partial charge in [0.25, 0.3) is 0 Å². The van der Waals surface area contributed by atoms with Gasteiger partial charge < -0.3 is 19.9 Å². The lowest BCUT2D eigenvalue weighted by molar-refractivity contribution is -0.140. The van der Waals surface area contributed by atoms with Gasteiger partial charge in [0.15, 0.2) is 11.5 Å². The first-order chi connectivity index (χ1) is 14.2. The normalized spacial score (nSPS) is 12.1. The van der Waals surface area contributed by atoms with Crippen molar-refractivity contribution in [3.8, 4) is 11.5 Å². The molecule has 0 heterocycles. The molecule has 0 amide bonds. The fraction of sp³-hybridized carbons (Fsp3) is 0.409. The van der Waals surface area contributed by atoms with Crippen molar-refractivity contribution in [1.82, 2.24) is 5.32 Å². The number of carbonyl (C=O) groups is 1. The molecule has 2 aromatic carbocycles. The highest BCUT2D eigenvalue weighted by molar-refractivity contribution is 6.31. The van der Waals surface area contributed by atoms with Crippen LogP contribution in [0.5, 0.6) is 11.5 Å². The summed E-state index contributed by atoms with van der Waals surface area (Å²) in [5.41, 5.74) is 0.910. The summed E-state index contributed by atoms with van der Waals surface area (Å²) in [5.74, 6) is -0.360. The van der Waals surface area contributed by atoms with Crippen molar-refractivity contribution in [3.63, 3.8) is 0 Å². The number of carboxylic acid groups (broad SMARTS) is 1. The number of halogens is 3. The molecule has 2 N–H and O–H groups in total. The fourth-order valence-corrected chi connectivity index (χ4v) is 3.33. The van der Waals surface area contributed by atoms with Crippen LogP contribution in [0.15, 0.2) is 30.3 Å². The van der Waals surface area contributed by atoms with Gasteiger partial charge in [0, 0.05) is 23.2 Å². The molecule has 1 unspecified atom stereocenters. The molecule has 0 spiro atoms. The summed E-state index contributed by atoms with van der Waals surface area (Å²) < 4.78 is 25.4. The molecule has 1 atom stereocenters. The molecule has 2 rings (SSSR count). The maximum atomic E-state index is 14.0.